The zero-order valence-electron chi connectivity index (χ0n) is 16.3. The summed E-state index contributed by atoms with van der Waals surface area (Å²) in [6.07, 6.45) is -0.738. The third-order valence-corrected chi connectivity index (χ3v) is 6.23. The van der Waals surface area contributed by atoms with Crippen LogP contribution in [0.5, 0.6) is 0 Å². The molecule has 0 spiro atoms. The molecule has 1 atom stereocenters. The maximum absolute atomic E-state index is 12.4. The Morgan fingerprint density at radius 3 is 2.26 bits per heavy atom. The molecule has 31 heavy (non-hydrogen) atoms. The normalized spacial score (nSPS) is 13.2. The molecule has 0 aromatic heterocycles. The van der Waals surface area contributed by atoms with E-state index in [0.717, 1.165) is 26.7 Å². The van der Waals surface area contributed by atoms with E-state index in [1.165, 1.54) is 0 Å². The molecule has 4 rings (SSSR count). The number of hydrogen-bond donors (Lipinski definition) is 2. The van der Waals surface area contributed by atoms with Gasteiger partial charge < -0.3 is 15.2 Å². The number of aliphatic carboxylic acids is 1. The van der Waals surface area contributed by atoms with Crippen molar-refractivity contribution in [1.29, 1.82) is 0 Å². The van der Waals surface area contributed by atoms with Crippen molar-refractivity contribution in [3.8, 4) is 11.1 Å². The summed E-state index contributed by atoms with van der Waals surface area (Å²) < 4.78 is 6.23. The van der Waals surface area contributed by atoms with E-state index < -0.39 is 18.1 Å². The number of carbonyl (C=O) groups excluding carboxylic acids is 1. The number of nitrogens with one attached hydrogen (secondary N) is 1. The molecule has 0 heterocycles. The van der Waals surface area contributed by atoms with Crippen LogP contribution in [0, 0.1) is 0 Å². The monoisotopic (exact) mass is 499 g/mol. The summed E-state index contributed by atoms with van der Waals surface area (Å²) in [7, 11) is 0. The predicted octanol–water partition coefficient (Wildman–Crippen LogP) is 5.64. The summed E-state index contributed by atoms with van der Waals surface area (Å²) in [5, 5.41) is 12.4. The fourth-order valence-electron chi connectivity index (χ4n) is 3.90. The van der Waals surface area contributed by atoms with Crippen molar-refractivity contribution in [1.82, 2.24) is 5.32 Å². The van der Waals surface area contributed by atoms with E-state index in [4.69, 9.17) is 16.3 Å². The van der Waals surface area contributed by atoms with Crippen LogP contribution in [0.15, 0.2) is 71.2 Å². The third kappa shape index (κ3) is 4.60. The molecule has 0 aliphatic heterocycles. The predicted molar refractivity (Wildman–Crippen MR) is 122 cm³/mol. The van der Waals surface area contributed by atoms with Crippen LogP contribution >= 0.6 is 27.5 Å². The van der Waals surface area contributed by atoms with Gasteiger partial charge in [-0.1, -0.05) is 76.1 Å². The number of fused-ring (bicyclic) bond motifs is 3. The Morgan fingerprint density at radius 1 is 1.03 bits per heavy atom. The molecule has 0 saturated carbocycles. The highest BCUT2D eigenvalue weighted by Gasteiger charge is 2.30. The van der Waals surface area contributed by atoms with Crippen LogP contribution in [0.25, 0.3) is 11.1 Å². The lowest BCUT2D eigenvalue weighted by Crippen LogP contribution is -2.43. The van der Waals surface area contributed by atoms with Gasteiger partial charge in [-0.05, 0) is 46.0 Å². The van der Waals surface area contributed by atoms with E-state index in [9.17, 15) is 14.7 Å². The molecule has 1 aliphatic rings. The van der Waals surface area contributed by atoms with E-state index in [0.29, 0.717) is 10.6 Å². The van der Waals surface area contributed by atoms with Gasteiger partial charge >= 0.3 is 12.1 Å². The Hall–Kier alpha value is -2.83. The Morgan fingerprint density at radius 2 is 1.65 bits per heavy atom. The molecule has 3 aromatic rings. The van der Waals surface area contributed by atoms with E-state index in [1.807, 2.05) is 36.4 Å². The number of amides is 1. The Kier molecular flexibility index (Phi) is 6.30. The van der Waals surface area contributed by atoms with Crippen molar-refractivity contribution < 1.29 is 19.4 Å². The van der Waals surface area contributed by atoms with Crippen molar-refractivity contribution >= 4 is 39.6 Å². The van der Waals surface area contributed by atoms with Gasteiger partial charge in [0.2, 0.25) is 0 Å². The standard InChI is InChI=1S/C24H19BrClNO4/c25-15-9-10-21(26)14(11-15)12-22(23(28)29)27-24(30)31-13-20-18-7-3-1-5-16(18)17-6-2-4-8-19(17)20/h1-11,20,22H,12-13H2,(H,27,30)(H,28,29). The van der Waals surface area contributed by atoms with Gasteiger partial charge in [-0.2, -0.15) is 0 Å². The van der Waals surface area contributed by atoms with Gasteiger partial charge in [-0.15, -0.1) is 0 Å². The highest BCUT2D eigenvalue weighted by atomic mass is 79.9. The summed E-state index contributed by atoms with van der Waals surface area (Å²) in [4.78, 5) is 24.1. The molecule has 3 aromatic carbocycles. The summed E-state index contributed by atoms with van der Waals surface area (Å²) in [5.74, 6) is -1.26. The van der Waals surface area contributed by atoms with Crippen molar-refractivity contribution in [2.45, 2.75) is 18.4 Å². The van der Waals surface area contributed by atoms with Gasteiger partial charge in [0.1, 0.15) is 12.6 Å². The molecule has 1 amide bonds. The maximum Gasteiger partial charge on any atom is 0.407 e. The molecular formula is C24H19BrClNO4. The second-order valence-electron chi connectivity index (χ2n) is 7.30. The number of carbonyl (C=O) groups is 2. The molecule has 158 valence electrons. The van der Waals surface area contributed by atoms with Crippen LogP contribution in [0.1, 0.15) is 22.6 Å². The summed E-state index contributed by atoms with van der Waals surface area (Å²) >= 11 is 9.51. The van der Waals surface area contributed by atoms with Crippen LogP contribution in [-0.4, -0.2) is 29.8 Å². The van der Waals surface area contributed by atoms with Crippen molar-refractivity contribution in [2.75, 3.05) is 6.61 Å². The van der Waals surface area contributed by atoms with Crippen LogP contribution in [0.4, 0.5) is 4.79 Å². The molecule has 0 fully saturated rings. The molecular weight excluding hydrogens is 482 g/mol. The second-order valence-corrected chi connectivity index (χ2v) is 8.62. The quantitative estimate of drug-likeness (QED) is 0.459. The topological polar surface area (TPSA) is 75.6 Å². The zero-order chi connectivity index (χ0) is 22.0. The minimum absolute atomic E-state index is 0.0395. The first-order valence-electron chi connectivity index (χ1n) is 9.72. The molecule has 5 nitrogen and oxygen atoms in total. The van der Waals surface area contributed by atoms with Gasteiger partial charge in [0.05, 0.1) is 0 Å². The highest BCUT2D eigenvalue weighted by molar-refractivity contribution is 9.10. The number of hydrogen-bond acceptors (Lipinski definition) is 3. The number of rotatable bonds is 6. The third-order valence-electron chi connectivity index (χ3n) is 5.37. The Balaban J connectivity index is 1.45. The lowest BCUT2D eigenvalue weighted by molar-refractivity contribution is -0.139. The van der Waals surface area contributed by atoms with Crippen LogP contribution in [0.2, 0.25) is 5.02 Å². The van der Waals surface area contributed by atoms with Crippen LogP contribution in [0.3, 0.4) is 0 Å². The van der Waals surface area contributed by atoms with E-state index in [1.54, 1.807) is 18.2 Å². The minimum Gasteiger partial charge on any atom is -0.480 e. The van der Waals surface area contributed by atoms with Gasteiger partial charge in [0, 0.05) is 21.8 Å². The molecule has 7 heteroatoms. The maximum atomic E-state index is 12.4. The molecule has 0 radical (unpaired) electrons. The lowest BCUT2D eigenvalue weighted by Gasteiger charge is -2.18. The minimum atomic E-state index is -1.16. The molecule has 1 unspecified atom stereocenters. The number of carboxylic acids is 1. The summed E-state index contributed by atoms with van der Waals surface area (Å²) in [6, 6.07) is 20.0. The zero-order valence-corrected chi connectivity index (χ0v) is 18.7. The summed E-state index contributed by atoms with van der Waals surface area (Å²) in [5.41, 5.74) is 5.04. The van der Waals surface area contributed by atoms with Gasteiger partial charge in [-0.3, -0.25) is 0 Å². The first-order chi connectivity index (χ1) is 14.9. The highest BCUT2D eigenvalue weighted by Crippen LogP contribution is 2.44. The van der Waals surface area contributed by atoms with E-state index in [2.05, 4.69) is 33.4 Å². The SMILES string of the molecule is O=C(NC(Cc1cc(Br)ccc1Cl)C(=O)O)OCC1c2ccccc2-c2ccccc21. The Bertz CT molecular complexity index is 1100. The fourth-order valence-corrected chi connectivity index (χ4v) is 4.51. The van der Waals surface area contributed by atoms with Crippen molar-refractivity contribution in [2.24, 2.45) is 0 Å². The average Bonchev–Trinajstić information content (AvgIpc) is 3.08. The molecule has 2 N–H and O–H groups in total. The first-order valence-corrected chi connectivity index (χ1v) is 10.9. The first kappa shape index (κ1) is 21.4. The molecule has 0 bridgehead atoms. The van der Waals surface area contributed by atoms with Crippen LogP contribution in [-0.2, 0) is 16.0 Å². The average molecular weight is 501 g/mol. The summed E-state index contributed by atoms with van der Waals surface area (Å²) in [6.45, 7) is 0.115. The van der Waals surface area contributed by atoms with Crippen molar-refractivity contribution in [3.63, 3.8) is 0 Å². The smallest absolute Gasteiger partial charge is 0.407 e. The lowest BCUT2D eigenvalue weighted by atomic mass is 9.98. The second kappa shape index (κ2) is 9.12. The van der Waals surface area contributed by atoms with Gasteiger partial charge in [0.25, 0.3) is 0 Å². The number of alkyl carbamates (subject to hydrolysis) is 1. The number of halogens is 2. The number of carboxylic acid groups (broad SMARTS) is 1. The largest absolute Gasteiger partial charge is 0.480 e. The molecule has 1 aliphatic carbocycles. The number of benzene rings is 3. The van der Waals surface area contributed by atoms with Gasteiger partial charge in [-0.25, -0.2) is 9.59 Å². The van der Waals surface area contributed by atoms with E-state index >= 15 is 0 Å². The van der Waals surface area contributed by atoms with Crippen LogP contribution < -0.4 is 5.32 Å². The molecule has 0 saturated heterocycles. The fraction of sp³-hybridized carbons (Fsp3) is 0.167. The Labute approximate surface area is 193 Å². The number of ether oxygens (including phenoxy) is 1. The van der Waals surface area contributed by atoms with Crippen molar-refractivity contribution in [3.05, 3.63) is 92.9 Å². The van der Waals surface area contributed by atoms with Gasteiger partial charge in [0.15, 0.2) is 0 Å². The van der Waals surface area contributed by atoms with E-state index in [-0.39, 0.29) is 18.9 Å².